The molecule has 0 fully saturated rings. The van der Waals surface area contributed by atoms with Gasteiger partial charge in [-0.25, -0.2) is 9.97 Å². The van der Waals surface area contributed by atoms with Crippen LogP contribution in [0.25, 0.3) is 22.5 Å². The van der Waals surface area contributed by atoms with Gasteiger partial charge in [0.05, 0.1) is 17.6 Å². The molecule has 0 aliphatic heterocycles. The van der Waals surface area contributed by atoms with Crippen molar-refractivity contribution in [2.45, 2.75) is 0 Å². The zero-order valence-corrected chi connectivity index (χ0v) is 11.0. The van der Waals surface area contributed by atoms with Crippen LogP contribution in [0.5, 0.6) is 5.75 Å². The Bertz CT molecular complexity index is 751. The van der Waals surface area contributed by atoms with Gasteiger partial charge in [-0.1, -0.05) is 11.6 Å². The molecule has 0 radical (unpaired) electrons. The maximum absolute atomic E-state index is 9.63. The van der Waals surface area contributed by atoms with Crippen molar-refractivity contribution in [3.05, 3.63) is 41.7 Å². The van der Waals surface area contributed by atoms with Gasteiger partial charge in [0.2, 0.25) is 5.95 Å². The summed E-state index contributed by atoms with van der Waals surface area (Å²) in [6, 6.07) is 6.51. The van der Waals surface area contributed by atoms with Crippen molar-refractivity contribution >= 4 is 17.5 Å². The van der Waals surface area contributed by atoms with Crippen molar-refractivity contribution in [2.24, 2.45) is 0 Å². The molecular formula is C13H10ClN5O. The Morgan fingerprint density at radius 1 is 1.25 bits per heavy atom. The van der Waals surface area contributed by atoms with Gasteiger partial charge in [0.1, 0.15) is 5.75 Å². The number of rotatable bonds is 2. The molecule has 6 nitrogen and oxygen atoms in total. The lowest BCUT2D eigenvalue weighted by atomic mass is 10.1. The molecule has 1 aromatic carbocycles. The lowest BCUT2D eigenvalue weighted by molar-refractivity contribution is 0.475. The van der Waals surface area contributed by atoms with Crippen LogP contribution in [0.15, 0.2) is 36.7 Å². The molecule has 0 saturated heterocycles. The summed E-state index contributed by atoms with van der Waals surface area (Å²) in [7, 11) is 0. The highest BCUT2D eigenvalue weighted by atomic mass is 35.5. The summed E-state index contributed by atoms with van der Waals surface area (Å²) < 4.78 is 0. The Balaban J connectivity index is 2.15. The predicted octanol–water partition coefficient (Wildman–Crippen LogP) is 2.47. The Hall–Kier alpha value is -2.60. The Kier molecular flexibility index (Phi) is 3.00. The quantitative estimate of drug-likeness (QED) is 0.672. The Morgan fingerprint density at radius 2 is 2.10 bits per heavy atom. The van der Waals surface area contributed by atoms with E-state index in [1.165, 1.54) is 6.07 Å². The van der Waals surface area contributed by atoms with Gasteiger partial charge in [-0.3, -0.25) is 5.10 Å². The van der Waals surface area contributed by atoms with E-state index in [0.29, 0.717) is 22.0 Å². The van der Waals surface area contributed by atoms with Gasteiger partial charge >= 0.3 is 0 Å². The molecule has 3 rings (SSSR count). The van der Waals surface area contributed by atoms with E-state index in [1.807, 2.05) is 0 Å². The van der Waals surface area contributed by atoms with Crippen LogP contribution in [0.2, 0.25) is 5.02 Å². The monoisotopic (exact) mass is 287 g/mol. The fraction of sp³-hybridized carbons (Fsp3) is 0. The number of phenolic OH excluding ortho intramolecular Hbond substituents is 1. The largest absolute Gasteiger partial charge is 0.508 e. The summed E-state index contributed by atoms with van der Waals surface area (Å²) in [4.78, 5) is 8.01. The summed E-state index contributed by atoms with van der Waals surface area (Å²) in [5.74, 6) is 0.263. The van der Waals surface area contributed by atoms with E-state index in [4.69, 9.17) is 17.3 Å². The lowest BCUT2D eigenvalue weighted by Gasteiger charge is -2.05. The Morgan fingerprint density at radius 3 is 2.85 bits per heavy atom. The molecule has 0 bridgehead atoms. The highest BCUT2D eigenvalue weighted by molar-refractivity contribution is 6.31. The summed E-state index contributed by atoms with van der Waals surface area (Å²) in [6.07, 6.45) is 3.21. The molecule has 0 amide bonds. The van der Waals surface area contributed by atoms with E-state index < -0.39 is 0 Å². The zero-order chi connectivity index (χ0) is 14.1. The first-order valence-corrected chi connectivity index (χ1v) is 6.13. The number of nitrogens with one attached hydrogen (secondary N) is 1. The van der Waals surface area contributed by atoms with Crippen molar-refractivity contribution < 1.29 is 5.11 Å². The molecule has 3 aromatic rings. The van der Waals surface area contributed by atoms with Gasteiger partial charge in [0.25, 0.3) is 0 Å². The minimum absolute atomic E-state index is 0.0789. The van der Waals surface area contributed by atoms with Crippen molar-refractivity contribution in [3.8, 4) is 28.3 Å². The average molecular weight is 288 g/mol. The third kappa shape index (κ3) is 2.28. The third-order valence-electron chi connectivity index (χ3n) is 2.76. The predicted molar refractivity (Wildman–Crippen MR) is 76.1 cm³/mol. The maximum atomic E-state index is 9.63. The Labute approximate surface area is 119 Å². The van der Waals surface area contributed by atoms with Crippen LogP contribution in [-0.4, -0.2) is 25.3 Å². The highest BCUT2D eigenvalue weighted by Crippen LogP contribution is 2.32. The molecule has 0 aliphatic carbocycles. The molecule has 20 heavy (non-hydrogen) atoms. The third-order valence-corrected chi connectivity index (χ3v) is 2.98. The topological polar surface area (TPSA) is 101 Å². The number of nitrogens with two attached hydrogens (primary N) is 1. The van der Waals surface area contributed by atoms with Gasteiger partial charge in [0, 0.05) is 22.3 Å². The fourth-order valence-corrected chi connectivity index (χ4v) is 2.17. The van der Waals surface area contributed by atoms with E-state index in [0.717, 1.165) is 5.56 Å². The fourth-order valence-electron chi connectivity index (χ4n) is 1.94. The van der Waals surface area contributed by atoms with Gasteiger partial charge in [-0.15, -0.1) is 0 Å². The molecule has 0 saturated carbocycles. The second-order valence-corrected chi connectivity index (χ2v) is 4.59. The number of aromatic amines is 1. The molecule has 7 heteroatoms. The van der Waals surface area contributed by atoms with Crippen LogP contribution >= 0.6 is 11.6 Å². The molecule has 0 unspecified atom stereocenters. The number of hydrogen-bond acceptors (Lipinski definition) is 5. The number of phenols is 1. The molecule has 2 heterocycles. The number of aromatic nitrogens is 4. The number of benzene rings is 1. The minimum Gasteiger partial charge on any atom is -0.508 e. The molecule has 0 aliphatic rings. The summed E-state index contributed by atoms with van der Waals surface area (Å²) in [6.45, 7) is 0. The van der Waals surface area contributed by atoms with Crippen molar-refractivity contribution in [1.82, 2.24) is 20.2 Å². The van der Waals surface area contributed by atoms with Crippen LogP contribution in [0.1, 0.15) is 0 Å². The van der Waals surface area contributed by atoms with Crippen molar-refractivity contribution in [2.75, 3.05) is 5.73 Å². The first kappa shape index (κ1) is 12.4. The molecule has 100 valence electrons. The molecule has 2 aromatic heterocycles. The van der Waals surface area contributed by atoms with Crippen LogP contribution < -0.4 is 5.73 Å². The van der Waals surface area contributed by atoms with E-state index in [-0.39, 0.29) is 11.7 Å². The highest BCUT2D eigenvalue weighted by Gasteiger charge is 2.12. The summed E-state index contributed by atoms with van der Waals surface area (Å²) >= 11 is 5.95. The van der Waals surface area contributed by atoms with Gasteiger partial charge in [-0.05, 0) is 24.3 Å². The van der Waals surface area contributed by atoms with Crippen molar-refractivity contribution in [1.29, 1.82) is 0 Å². The normalized spacial score (nSPS) is 10.7. The van der Waals surface area contributed by atoms with Gasteiger partial charge in [-0.2, -0.15) is 5.10 Å². The summed E-state index contributed by atoms with van der Waals surface area (Å²) in [5.41, 5.74) is 8.38. The maximum Gasteiger partial charge on any atom is 0.220 e. The van der Waals surface area contributed by atoms with Crippen molar-refractivity contribution in [3.63, 3.8) is 0 Å². The van der Waals surface area contributed by atoms with Gasteiger partial charge < -0.3 is 10.8 Å². The number of H-pyrrole nitrogens is 1. The standard InChI is InChI=1S/C13H10ClN5O/c14-8-3-7(4-9(20)5-8)12-10(6-17-19-12)11-1-2-16-13(15)18-11/h1-6,20H,(H,17,19)(H2,15,16,18). The number of halogens is 1. The van der Waals surface area contributed by atoms with E-state index in [9.17, 15) is 5.11 Å². The van der Waals surface area contributed by atoms with Gasteiger partial charge in [0.15, 0.2) is 0 Å². The smallest absolute Gasteiger partial charge is 0.220 e. The number of nitrogens with zero attached hydrogens (tertiary/aromatic N) is 3. The SMILES string of the molecule is Nc1nccc(-c2cn[nH]c2-c2cc(O)cc(Cl)c2)n1. The van der Waals surface area contributed by atoms with Crippen LogP contribution in [0, 0.1) is 0 Å². The van der Waals surface area contributed by atoms with E-state index >= 15 is 0 Å². The van der Waals surface area contributed by atoms with Crippen LogP contribution in [0.3, 0.4) is 0 Å². The molecule has 0 atom stereocenters. The molecule has 4 N–H and O–H groups in total. The van der Waals surface area contributed by atoms with E-state index in [2.05, 4.69) is 20.2 Å². The molecule has 0 spiro atoms. The number of hydrogen-bond donors (Lipinski definition) is 3. The minimum atomic E-state index is 0.0789. The second-order valence-electron chi connectivity index (χ2n) is 4.16. The van der Waals surface area contributed by atoms with Crippen LogP contribution in [0.4, 0.5) is 5.95 Å². The second kappa shape index (κ2) is 4.82. The zero-order valence-electron chi connectivity index (χ0n) is 10.2. The number of nitrogen functional groups attached to an aromatic ring is 1. The molecular weight excluding hydrogens is 278 g/mol. The number of anilines is 1. The van der Waals surface area contributed by atoms with Crippen LogP contribution in [-0.2, 0) is 0 Å². The van der Waals surface area contributed by atoms with E-state index in [1.54, 1.807) is 30.6 Å². The average Bonchev–Trinajstić information content (AvgIpc) is 2.86. The first-order valence-electron chi connectivity index (χ1n) is 5.75. The number of aromatic hydroxyl groups is 1. The summed E-state index contributed by atoms with van der Waals surface area (Å²) in [5, 5.41) is 17.0. The first-order chi connectivity index (χ1) is 9.63. The lowest BCUT2D eigenvalue weighted by Crippen LogP contribution is -1.95.